The van der Waals surface area contributed by atoms with Crippen LogP contribution in [-0.4, -0.2) is 27.4 Å². The van der Waals surface area contributed by atoms with Crippen LogP contribution >= 0.6 is 24.0 Å². The normalized spacial score (nSPS) is 11.1. The van der Waals surface area contributed by atoms with Crippen molar-refractivity contribution in [3.63, 3.8) is 0 Å². The SMILES string of the molecule is CCNC(=NCc1ccc(O)cc1)NCc1ccccc1-n1nc(C)cc1C.I. The number of halogens is 1. The summed E-state index contributed by atoms with van der Waals surface area (Å²) >= 11 is 0. The van der Waals surface area contributed by atoms with Crippen LogP contribution in [0.3, 0.4) is 0 Å². The summed E-state index contributed by atoms with van der Waals surface area (Å²) in [6.45, 7) is 8.06. The van der Waals surface area contributed by atoms with E-state index in [1.54, 1.807) is 12.1 Å². The molecule has 0 unspecified atom stereocenters. The highest BCUT2D eigenvalue weighted by atomic mass is 127. The van der Waals surface area contributed by atoms with Crippen LogP contribution in [0.1, 0.15) is 29.4 Å². The Hall–Kier alpha value is -2.55. The third-order valence-electron chi connectivity index (χ3n) is 4.38. The predicted molar refractivity (Wildman–Crippen MR) is 128 cm³/mol. The highest BCUT2D eigenvalue weighted by Crippen LogP contribution is 2.17. The Bertz CT molecular complexity index is 950. The first-order valence-electron chi connectivity index (χ1n) is 9.48. The summed E-state index contributed by atoms with van der Waals surface area (Å²) < 4.78 is 1.98. The van der Waals surface area contributed by atoms with Crippen LogP contribution in [0.4, 0.5) is 0 Å². The highest BCUT2D eigenvalue weighted by Gasteiger charge is 2.09. The van der Waals surface area contributed by atoms with Gasteiger partial charge in [-0.1, -0.05) is 30.3 Å². The van der Waals surface area contributed by atoms with Gasteiger partial charge in [0.15, 0.2) is 5.96 Å². The van der Waals surface area contributed by atoms with Crippen molar-refractivity contribution in [3.05, 3.63) is 77.1 Å². The van der Waals surface area contributed by atoms with Crippen LogP contribution < -0.4 is 10.6 Å². The van der Waals surface area contributed by atoms with Gasteiger partial charge in [0.1, 0.15) is 5.75 Å². The first kappa shape index (κ1) is 22.7. The van der Waals surface area contributed by atoms with Crippen molar-refractivity contribution in [1.29, 1.82) is 0 Å². The van der Waals surface area contributed by atoms with Crippen LogP contribution in [0.2, 0.25) is 0 Å². The Morgan fingerprint density at radius 2 is 1.79 bits per heavy atom. The standard InChI is InChI=1S/C22H27N5O.HI/c1-4-23-22(24-14-18-9-11-20(28)12-10-18)25-15-19-7-5-6-8-21(19)27-17(3)13-16(2)26-27;/h5-13,28H,4,14-15H2,1-3H3,(H2,23,24,25);1H. The second-order valence-corrected chi connectivity index (χ2v) is 6.68. The minimum Gasteiger partial charge on any atom is -0.508 e. The number of aromatic nitrogens is 2. The van der Waals surface area contributed by atoms with Crippen molar-refractivity contribution >= 4 is 29.9 Å². The second kappa shape index (κ2) is 10.8. The molecule has 0 atom stereocenters. The van der Waals surface area contributed by atoms with Crippen molar-refractivity contribution in [1.82, 2.24) is 20.4 Å². The maximum absolute atomic E-state index is 9.40. The van der Waals surface area contributed by atoms with E-state index in [-0.39, 0.29) is 29.7 Å². The molecule has 29 heavy (non-hydrogen) atoms. The lowest BCUT2D eigenvalue weighted by Gasteiger charge is -2.15. The Balaban J connectivity index is 0.00000300. The molecule has 3 rings (SSSR count). The maximum atomic E-state index is 9.40. The fourth-order valence-electron chi connectivity index (χ4n) is 3.03. The van der Waals surface area contributed by atoms with Gasteiger partial charge in [0, 0.05) is 18.8 Å². The number of nitrogens with one attached hydrogen (secondary N) is 2. The fourth-order valence-corrected chi connectivity index (χ4v) is 3.03. The number of phenolic OH excluding ortho intramolecular Hbond substituents is 1. The molecule has 0 spiro atoms. The molecule has 0 aliphatic heterocycles. The molecule has 0 radical (unpaired) electrons. The molecular formula is C22H28IN5O. The lowest BCUT2D eigenvalue weighted by atomic mass is 10.1. The Labute approximate surface area is 189 Å². The maximum Gasteiger partial charge on any atom is 0.191 e. The second-order valence-electron chi connectivity index (χ2n) is 6.68. The summed E-state index contributed by atoms with van der Waals surface area (Å²) in [5.74, 6) is 1.01. The molecule has 3 N–H and O–H groups in total. The molecular weight excluding hydrogens is 477 g/mol. The van der Waals surface area contributed by atoms with Gasteiger partial charge in [-0.2, -0.15) is 5.10 Å². The number of hydrogen-bond acceptors (Lipinski definition) is 3. The molecule has 6 nitrogen and oxygen atoms in total. The van der Waals surface area contributed by atoms with Crippen LogP contribution in [0.15, 0.2) is 59.6 Å². The molecule has 0 amide bonds. The molecule has 0 aliphatic rings. The van der Waals surface area contributed by atoms with Crippen LogP contribution in [-0.2, 0) is 13.1 Å². The molecule has 3 aromatic rings. The van der Waals surface area contributed by atoms with Gasteiger partial charge in [-0.05, 0) is 56.2 Å². The molecule has 0 aliphatic carbocycles. The lowest BCUT2D eigenvalue weighted by molar-refractivity contribution is 0.475. The third-order valence-corrected chi connectivity index (χ3v) is 4.38. The number of aliphatic imine (C=N–C) groups is 1. The minimum atomic E-state index is 0. The quantitative estimate of drug-likeness (QED) is 0.268. The van der Waals surface area contributed by atoms with Gasteiger partial charge < -0.3 is 15.7 Å². The fraction of sp³-hybridized carbons (Fsp3) is 0.273. The zero-order chi connectivity index (χ0) is 19.9. The van der Waals surface area contributed by atoms with Crippen molar-refractivity contribution < 1.29 is 5.11 Å². The van der Waals surface area contributed by atoms with Crippen molar-refractivity contribution in [2.75, 3.05) is 6.54 Å². The molecule has 1 aromatic heterocycles. The van der Waals surface area contributed by atoms with E-state index in [9.17, 15) is 5.11 Å². The summed E-state index contributed by atoms with van der Waals surface area (Å²) in [4.78, 5) is 4.64. The van der Waals surface area contributed by atoms with Gasteiger partial charge in [-0.15, -0.1) is 24.0 Å². The lowest BCUT2D eigenvalue weighted by Crippen LogP contribution is -2.37. The van der Waals surface area contributed by atoms with Gasteiger partial charge >= 0.3 is 0 Å². The van der Waals surface area contributed by atoms with Crippen LogP contribution in [0.25, 0.3) is 5.69 Å². The molecule has 2 aromatic carbocycles. The van der Waals surface area contributed by atoms with Gasteiger partial charge in [-0.25, -0.2) is 9.67 Å². The zero-order valence-electron chi connectivity index (χ0n) is 17.0. The molecule has 0 saturated carbocycles. The van der Waals surface area contributed by atoms with E-state index in [0.717, 1.165) is 40.7 Å². The van der Waals surface area contributed by atoms with E-state index in [1.165, 1.54) is 0 Å². The minimum absolute atomic E-state index is 0. The van der Waals surface area contributed by atoms with Gasteiger partial charge in [-0.3, -0.25) is 0 Å². The van der Waals surface area contributed by atoms with Gasteiger partial charge in [0.25, 0.3) is 0 Å². The van der Waals surface area contributed by atoms with Gasteiger partial charge in [0.05, 0.1) is 17.9 Å². The molecule has 7 heteroatoms. The number of rotatable bonds is 6. The van der Waals surface area contributed by atoms with E-state index in [1.807, 2.05) is 42.8 Å². The number of hydrogen-bond donors (Lipinski definition) is 3. The average Bonchev–Trinajstić information content (AvgIpc) is 3.03. The van der Waals surface area contributed by atoms with Crippen molar-refractivity contribution in [2.24, 2.45) is 4.99 Å². The summed E-state index contributed by atoms with van der Waals surface area (Å²) in [6, 6.07) is 17.4. The Morgan fingerprint density at radius 1 is 1.07 bits per heavy atom. The van der Waals surface area contributed by atoms with E-state index in [0.29, 0.717) is 13.1 Å². The van der Waals surface area contributed by atoms with E-state index >= 15 is 0 Å². The first-order valence-corrected chi connectivity index (χ1v) is 9.48. The Kier molecular flexibility index (Phi) is 8.50. The Morgan fingerprint density at radius 3 is 2.45 bits per heavy atom. The van der Waals surface area contributed by atoms with Crippen molar-refractivity contribution in [3.8, 4) is 11.4 Å². The van der Waals surface area contributed by atoms with Crippen molar-refractivity contribution in [2.45, 2.75) is 33.9 Å². The number of phenols is 1. The summed E-state index contributed by atoms with van der Waals surface area (Å²) in [7, 11) is 0. The van der Waals surface area contributed by atoms with Crippen LogP contribution in [0.5, 0.6) is 5.75 Å². The summed E-state index contributed by atoms with van der Waals surface area (Å²) in [5, 5.41) is 20.7. The summed E-state index contributed by atoms with van der Waals surface area (Å²) in [6.07, 6.45) is 0. The molecule has 1 heterocycles. The molecule has 154 valence electrons. The number of aromatic hydroxyl groups is 1. The third kappa shape index (κ3) is 6.22. The monoisotopic (exact) mass is 505 g/mol. The number of para-hydroxylation sites is 1. The van der Waals surface area contributed by atoms with E-state index in [2.05, 4.69) is 45.8 Å². The number of nitrogens with zero attached hydrogens (tertiary/aromatic N) is 3. The molecule has 0 fully saturated rings. The smallest absolute Gasteiger partial charge is 0.191 e. The molecule has 0 bridgehead atoms. The zero-order valence-corrected chi connectivity index (χ0v) is 19.3. The molecule has 0 saturated heterocycles. The van der Waals surface area contributed by atoms with Crippen LogP contribution in [0, 0.1) is 13.8 Å². The highest BCUT2D eigenvalue weighted by molar-refractivity contribution is 14.0. The first-order chi connectivity index (χ1) is 13.6. The number of benzene rings is 2. The van der Waals surface area contributed by atoms with E-state index in [4.69, 9.17) is 0 Å². The van der Waals surface area contributed by atoms with E-state index < -0.39 is 0 Å². The average molecular weight is 505 g/mol. The van der Waals surface area contributed by atoms with Gasteiger partial charge in [0.2, 0.25) is 0 Å². The number of aryl methyl sites for hydroxylation is 2. The predicted octanol–water partition coefficient (Wildman–Crippen LogP) is 4.07. The topological polar surface area (TPSA) is 74.5 Å². The number of guanidine groups is 1. The summed E-state index contributed by atoms with van der Waals surface area (Å²) in [5.41, 5.74) is 5.36. The largest absolute Gasteiger partial charge is 0.508 e.